The molecule has 0 amide bonds. The van der Waals surface area contributed by atoms with Crippen molar-refractivity contribution in [2.45, 2.75) is 4.90 Å². The van der Waals surface area contributed by atoms with Gasteiger partial charge in [0.1, 0.15) is 17.3 Å². The van der Waals surface area contributed by atoms with E-state index >= 15 is 0 Å². The van der Waals surface area contributed by atoms with E-state index in [1.165, 1.54) is 12.1 Å². The topological polar surface area (TPSA) is 69.4 Å². The Hall–Kier alpha value is -1.03. The van der Waals surface area contributed by atoms with Gasteiger partial charge in [0.25, 0.3) is 0 Å². The van der Waals surface area contributed by atoms with Crippen LogP contribution in [-0.4, -0.2) is 15.0 Å². The van der Waals surface area contributed by atoms with Gasteiger partial charge in [0.15, 0.2) is 0 Å². The highest BCUT2D eigenvalue weighted by atomic mass is 79.9. The molecule has 0 atom stereocenters. The third kappa shape index (κ3) is 3.23. The van der Waals surface area contributed by atoms with Crippen LogP contribution in [0, 0.1) is 12.3 Å². The van der Waals surface area contributed by atoms with Crippen molar-refractivity contribution in [2.75, 3.05) is 6.61 Å². The zero-order valence-corrected chi connectivity index (χ0v) is 10.0. The van der Waals surface area contributed by atoms with Gasteiger partial charge in [0, 0.05) is 4.47 Å². The van der Waals surface area contributed by atoms with Crippen LogP contribution >= 0.6 is 15.9 Å². The van der Waals surface area contributed by atoms with Crippen LogP contribution in [0.15, 0.2) is 27.6 Å². The summed E-state index contributed by atoms with van der Waals surface area (Å²) >= 11 is 3.14. The third-order valence-electron chi connectivity index (χ3n) is 1.52. The lowest BCUT2D eigenvalue weighted by Crippen LogP contribution is -2.14. The lowest BCUT2D eigenvalue weighted by molar-refractivity contribution is 0.360. The molecule has 0 bridgehead atoms. The van der Waals surface area contributed by atoms with Gasteiger partial charge < -0.3 is 4.74 Å². The van der Waals surface area contributed by atoms with E-state index in [0.29, 0.717) is 4.47 Å². The average molecular weight is 290 g/mol. The van der Waals surface area contributed by atoms with Gasteiger partial charge in [-0.1, -0.05) is 21.9 Å². The summed E-state index contributed by atoms with van der Waals surface area (Å²) in [6.07, 6.45) is 5.00. The highest BCUT2D eigenvalue weighted by Gasteiger charge is 2.15. The van der Waals surface area contributed by atoms with Gasteiger partial charge in [-0.3, -0.25) is 0 Å². The third-order valence-corrected chi connectivity index (χ3v) is 2.95. The van der Waals surface area contributed by atoms with Crippen LogP contribution in [0.3, 0.4) is 0 Å². The molecule has 0 radical (unpaired) electrons. The molecule has 80 valence electrons. The number of rotatable bonds is 3. The molecule has 0 saturated heterocycles. The van der Waals surface area contributed by atoms with Gasteiger partial charge in [0.2, 0.25) is 10.0 Å². The fourth-order valence-electron chi connectivity index (χ4n) is 0.943. The Labute approximate surface area is 96.6 Å². The Bertz CT molecular complexity index is 505. The predicted octanol–water partition coefficient (Wildman–Crippen LogP) is 1.11. The second-order valence-corrected chi connectivity index (χ2v) is 5.07. The summed E-state index contributed by atoms with van der Waals surface area (Å²) in [7, 11) is -3.81. The SMILES string of the molecule is C#CCOc1ccc(Br)cc1S(N)(=O)=O. The molecule has 0 aromatic heterocycles. The van der Waals surface area contributed by atoms with Gasteiger partial charge in [-0.25, -0.2) is 13.6 Å². The minimum Gasteiger partial charge on any atom is -0.480 e. The summed E-state index contributed by atoms with van der Waals surface area (Å²) < 4.78 is 28.0. The molecule has 1 aromatic rings. The van der Waals surface area contributed by atoms with E-state index in [-0.39, 0.29) is 17.3 Å². The normalized spacial score (nSPS) is 10.7. The van der Waals surface area contributed by atoms with Crippen LogP contribution in [0.4, 0.5) is 0 Å². The zero-order valence-electron chi connectivity index (χ0n) is 7.60. The maximum atomic E-state index is 11.2. The highest BCUT2D eigenvalue weighted by molar-refractivity contribution is 9.10. The molecule has 0 saturated carbocycles. The highest BCUT2D eigenvalue weighted by Crippen LogP contribution is 2.26. The van der Waals surface area contributed by atoms with E-state index < -0.39 is 10.0 Å². The van der Waals surface area contributed by atoms with E-state index in [4.69, 9.17) is 16.3 Å². The number of sulfonamides is 1. The van der Waals surface area contributed by atoms with Crippen molar-refractivity contribution in [3.05, 3.63) is 22.7 Å². The molecule has 0 aliphatic heterocycles. The molecule has 0 aliphatic rings. The van der Waals surface area contributed by atoms with E-state index in [1.54, 1.807) is 6.07 Å². The largest absolute Gasteiger partial charge is 0.480 e. The van der Waals surface area contributed by atoms with Crippen molar-refractivity contribution >= 4 is 26.0 Å². The maximum Gasteiger partial charge on any atom is 0.241 e. The first kappa shape index (κ1) is 12.0. The molecule has 2 N–H and O–H groups in total. The van der Waals surface area contributed by atoms with Crippen molar-refractivity contribution in [1.82, 2.24) is 0 Å². The molecule has 1 rings (SSSR count). The van der Waals surface area contributed by atoms with Gasteiger partial charge in [-0.2, -0.15) is 0 Å². The Morgan fingerprint density at radius 2 is 2.20 bits per heavy atom. The summed E-state index contributed by atoms with van der Waals surface area (Å²) in [5.74, 6) is 2.39. The fraction of sp³-hybridized carbons (Fsp3) is 0.111. The maximum absolute atomic E-state index is 11.2. The lowest BCUT2D eigenvalue weighted by atomic mass is 10.3. The molecule has 0 unspecified atom stereocenters. The second kappa shape index (κ2) is 4.66. The molecule has 0 heterocycles. The number of halogens is 1. The molecule has 6 heteroatoms. The van der Waals surface area contributed by atoms with Crippen LogP contribution in [0.2, 0.25) is 0 Å². The zero-order chi connectivity index (χ0) is 11.5. The summed E-state index contributed by atoms with van der Waals surface area (Å²) in [6, 6.07) is 4.49. The van der Waals surface area contributed by atoms with Crippen molar-refractivity contribution in [3.8, 4) is 18.1 Å². The van der Waals surface area contributed by atoms with Crippen molar-refractivity contribution in [3.63, 3.8) is 0 Å². The lowest BCUT2D eigenvalue weighted by Gasteiger charge is -2.07. The second-order valence-electron chi connectivity index (χ2n) is 2.63. The number of benzene rings is 1. The fourth-order valence-corrected chi connectivity index (χ4v) is 2.15. The average Bonchev–Trinajstić information content (AvgIpc) is 2.14. The Balaban J connectivity index is 3.22. The minimum absolute atomic E-state index is 0.00977. The quantitative estimate of drug-likeness (QED) is 0.848. The summed E-state index contributed by atoms with van der Waals surface area (Å²) in [5, 5.41) is 5.02. The summed E-state index contributed by atoms with van der Waals surface area (Å²) in [6.45, 7) is -0.00977. The van der Waals surface area contributed by atoms with Crippen LogP contribution in [0.1, 0.15) is 0 Å². The minimum atomic E-state index is -3.81. The smallest absolute Gasteiger partial charge is 0.241 e. The monoisotopic (exact) mass is 289 g/mol. The molecular weight excluding hydrogens is 282 g/mol. The number of primary sulfonamides is 1. The Morgan fingerprint density at radius 3 is 2.73 bits per heavy atom. The number of nitrogens with two attached hydrogens (primary N) is 1. The van der Waals surface area contributed by atoms with E-state index in [0.717, 1.165) is 0 Å². The summed E-state index contributed by atoms with van der Waals surface area (Å²) in [5.41, 5.74) is 0. The van der Waals surface area contributed by atoms with Crippen LogP contribution in [0.5, 0.6) is 5.75 Å². The molecule has 4 nitrogen and oxygen atoms in total. The molecule has 15 heavy (non-hydrogen) atoms. The molecular formula is C9H8BrNO3S. The van der Waals surface area contributed by atoms with Gasteiger partial charge in [-0.05, 0) is 18.2 Å². The number of hydrogen-bond acceptors (Lipinski definition) is 3. The first-order valence-corrected chi connectivity index (χ1v) is 6.17. The number of hydrogen-bond donors (Lipinski definition) is 1. The van der Waals surface area contributed by atoms with Crippen molar-refractivity contribution < 1.29 is 13.2 Å². The van der Waals surface area contributed by atoms with E-state index in [9.17, 15) is 8.42 Å². The first-order chi connectivity index (χ1) is 6.95. The van der Waals surface area contributed by atoms with Gasteiger partial charge >= 0.3 is 0 Å². The van der Waals surface area contributed by atoms with Crippen LogP contribution in [-0.2, 0) is 10.0 Å². The van der Waals surface area contributed by atoms with Gasteiger partial charge in [0.05, 0.1) is 0 Å². The standard InChI is InChI=1S/C9H8BrNO3S/c1-2-5-14-8-4-3-7(10)6-9(8)15(11,12)13/h1,3-4,6H,5H2,(H2,11,12,13). The predicted molar refractivity (Wildman–Crippen MR) is 59.8 cm³/mol. The molecule has 0 fully saturated rings. The van der Waals surface area contributed by atoms with Crippen LogP contribution < -0.4 is 9.88 Å². The van der Waals surface area contributed by atoms with E-state index in [1.807, 2.05) is 0 Å². The Morgan fingerprint density at radius 1 is 1.53 bits per heavy atom. The van der Waals surface area contributed by atoms with Crippen LogP contribution in [0.25, 0.3) is 0 Å². The van der Waals surface area contributed by atoms with Gasteiger partial charge in [-0.15, -0.1) is 6.42 Å². The first-order valence-electron chi connectivity index (χ1n) is 3.84. The molecule has 0 spiro atoms. The number of ether oxygens (including phenoxy) is 1. The molecule has 0 aliphatic carbocycles. The number of terminal acetylenes is 1. The summed E-state index contributed by atoms with van der Waals surface area (Å²) in [4.78, 5) is -0.0906. The van der Waals surface area contributed by atoms with Crippen molar-refractivity contribution in [1.29, 1.82) is 0 Å². The van der Waals surface area contributed by atoms with Crippen molar-refractivity contribution in [2.24, 2.45) is 5.14 Å². The molecule has 1 aromatic carbocycles. The van der Waals surface area contributed by atoms with E-state index in [2.05, 4.69) is 21.9 Å². The Kier molecular flexibility index (Phi) is 3.74.